The zero-order valence-corrected chi connectivity index (χ0v) is 14.5. The van der Waals surface area contributed by atoms with E-state index in [1.807, 2.05) is 0 Å². The summed E-state index contributed by atoms with van der Waals surface area (Å²) < 4.78 is 10.1. The molecule has 1 aliphatic rings. The van der Waals surface area contributed by atoms with Crippen molar-refractivity contribution >= 4 is 23.8 Å². The lowest BCUT2D eigenvalue weighted by atomic mass is 10.2. The molecule has 0 saturated heterocycles. The molecule has 0 spiro atoms. The molecule has 0 aromatic heterocycles. The molecule has 0 aromatic carbocycles. The second-order valence-corrected chi connectivity index (χ2v) is 7.08. The van der Waals surface area contributed by atoms with Gasteiger partial charge in [-0.1, -0.05) is 0 Å². The van der Waals surface area contributed by atoms with Gasteiger partial charge in [-0.3, -0.25) is 10.2 Å². The maximum absolute atomic E-state index is 12.2. The largest absolute Gasteiger partial charge is 0.443 e. The Morgan fingerprint density at radius 2 is 1.61 bits per heavy atom. The van der Waals surface area contributed by atoms with Crippen molar-refractivity contribution < 1.29 is 23.9 Å². The molecule has 2 N–H and O–H groups in total. The van der Waals surface area contributed by atoms with Crippen LogP contribution < -0.4 is 10.9 Å². The number of nitrogens with one attached hydrogen (secondary N) is 2. The number of amides is 3. The number of hydrazine groups is 1. The molecule has 9 nitrogen and oxygen atoms in total. The van der Waals surface area contributed by atoms with E-state index in [2.05, 4.69) is 16.0 Å². The molecule has 0 saturated carbocycles. The summed E-state index contributed by atoms with van der Waals surface area (Å²) in [5.41, 5.74) is 3.65. The Hall–Kier alpha value is -2.16. The molecule has 0 fully saturated rings. The van der Waals surface area contributed by atoms with Crippen molar-refractivity contribution in [2.45, 2.75) is 65.7 Å². The highest BCUT2D eigenvalue weighted by Gasteiger charge is 2.39. The minimum absolute atomic E-state index is 0.317. The van der Waals surface area contributed by atoms with Crippen molar-refractivity contribution in [3.05, 3.63) is 0 Å². The quantitative estimate of drug-likeness (QED) is 0.744. The van der Waals surface area contributed by atoms with Gasteiger partial charge in [-0.25, -0.2) is 15.0 Å². The number of hydrogen-bond acceptors (Lipinski definition) is 7. The molecule has 130 valence electrons. The van der Waals surface area contributed by atoms with Crippen LogP contribution in [0.4, 0.5) is 9.59 Å². The molecular weight excluding hydrogens is 304 g/mol. The van der Waals surface area contributed by atoms with Gasteiger partial charge in [0.25, 0.3) is 5.91 Å². The van der Waals surface area contributed by atoms with Gasteiger partial charge in [-0.15, -0.1) is 5.01 Å². The number of hydrazone groups is 1. The SMILES string of the molecule is CC1=NN(C(=O)OC(C)(C)C)C(=O)C1NNC(=O)OC(C)(C)C. The van der Waals surface area contributed by atoms with Crippen molar-refractivity contribution in [2.24, 2.45) is 5.10 Å². The first kappa shape index (κ1) is 18.9. The van der Waals surface area contributed by atoms with Gasteiger partial charge in [-0.05, 0) is 48.5 Å². The standard InChI is InChI=1S/C14H24N4O5/c1-8-9(15-16-11(20)22-13(2,3)4)10(19)18(17-8)12(21)23-14(5,6)7/h9,15H,1-7H3,(H,16,20). The number of carbonyl (C=O) groups excluding carboxylic acids is 3. The lowest BCUT2D eigenvalue weighted by molar-refractivity contribution is -0.129. The molecule has 0 aromatic rings. The van der Waals surface area contributed by atoms with E-state index in [0.717, 1.165) is 0 Å². The molecule has 0 radical (unpaired) electrons. The summed E-state index contributed by atoms with van der Waals surface area (Å²) in [5.74, 6) is -0.646. The van der Waals surface area contributed by atoms with Crippen LogP contribution in [0.1, 0.15) is 48.5 Å². The van der Waals surface area contributed by atoms with E-state index in [1.165, 1.54) is 0 Å². The zero-order valence-electron chi connectivity index (χ0n) is 14.5. The monoisotopic (exact) mass is 328 g/mol. The van der Waals surface area contributed by atoms with Crippen molar-refractivity contribution in [1.29, 1.82) is 0 Å². The summed E-state index contributed by atoms with van der Waals surface area (Å²) in [6.07, 6.45) is -1.61. The Kier molecular flexibility index (Phi) is 5.36. The first-order chi connectivity index (χ1) is 10.3. The van der Waals surface area contributed by atoms with Gasteiger partial charge in [0.15, 0.2) is 0 Å². The van der Waals surface area contributed by atoms with Gasteiger partial charge >= 0.3 is 12.2 Å². The Balaban J connectivity index is 2.64. The van der Waals surface area contributed by atoms with Crippen LogP contribution in [0.5, 0.6) is 0 Å². The number of nitrogens with zero attached hydrogens (tertiary/aromatic N) is 2. The molecule has 0 aliphatic carbocycles. The fourth-order valence-corrected chi connectivity index (χ4v) is 1.60. The smallest absolute Gasteiger partial charge is 0.438 e. The third kappa shape index (κ3) is 5.85. The number of imide groups is 1. The van der Waals surface area contributed by atoms with Gasteiger partial charge < -0.3 is 9.47 Å². The number of carbonyl (C=O) groups is 3. The zero-order chi connectivity index (χ0) is 18.0. The molecule has 1 atom stereocenters. The summed E-state index contributed by atoms with van der Waals surface area (Å²) in [6.45, 7) is 11.7. The lowest BCUT2D eigenvalue weighted by Crippen LogP contribution is -2.53. The van der Waals surface area contributed by atoms with Crippen molar-refractivity contribution in [1.82, 2.24) is 15.9 Å². The maximum Gasteiger partial charge on any atom is 0.438 e. The third-order valence-corrected chi connectivity index (χ3v) is 2.42. The second-order valence-electron chi connectivity index (χ2n) is 7.08. The summed E-state index contributed by atoms with van der Waals surface area (Å²) in [7, 11) is 0. The molecule has 3 amide bonds. The Bertz CT molecular complexity index is 530. The van der Waals surface area contributed by atoms with Crippen LogP contribution in [0.3, 0.4) is 0 Å². The number of hydrogen-bond donors (Lipinski definition) is 2. The topological polar surface area (TPSA) is 109 Å². The van der Waals surface area contributed by atoms with Gasteiger partial charge in [-0.2, -0.15) is 5.10 Å². The van der Waals surface area contributed by atoms with Crippen molar-refractivity contribution in [3.63, 3.8) is 0 Å². The maximum atomic E-state index is 12.2. The van der Waals surface area contributed by atoms with Crippen LogP contribution >= 0.6 is 0 Å². The van der Waals surface area contributed by atoms with Gasteiger partial charge in [0.05, 0.1) is 5.71 Å². The van der Waals surface area contributed by atoms with Crippen LogP contribution in [0.2, 0.25) is 0 Å². The molecule has 9 heteroatoms. The molecule has 23 heavy (non-hydrogen) atoms. The minimum atomic E-state index is -0.963. The van der Waals surface area contributed by atoms with Gasteiger partial charge in [0, 0.05) is 0 Å². The molecule has 1 aliphatic heterocycles. The van der Waals surface area contributed by atoms with E-state index in [4.69, 9.17) is 9.47 Å². The highest BCUT2D eigenvalue weighted by atomic mass is 16.6. The average molecular weight is 328 g/mol. The predicted octanol–water partition coefficient (Wildman–Crippen LogP) is 1.54. The van der Waals surface area contributed by atoms with Crippen LogP contribution in [0, 0.1) is 0 Å². The first-order valence-electron chi connectivity index (χ1n) is 7.17. The fraction of sp³-hybridized carbons (Fsp3) is 0.714. The van der Waals surface area contributed by atoms with E-state index < -0.39 is 35.3 Å². The predicted molar refractivity (Wildman–Crippen MR) is 82.5 cm³/mol. The average Bonchev–Trinajstić information content (AvgIpc) is 2.58. The van der Waals surface area contributed by atoms with Crippen molar-refractivity contribution in [2.75, 3.05) is 0 Å². The normalized spacial score (nSPS) is 18.6. The summed E-state index contributed by atoms with van der Waals surface area (Å²) in [5, 5.41) is 4.49. The van der Waals surface area contributed by atoms with Gasteiger partial charge in [0.2, 0.25) is 0 Å². The lowest BCUT2D eigenvalue weighted by Gasteiger charge is -2.22. The van der Waals surface area contributed by atoms with Crippen LogP contribution in [-0.2, 0) is 14.3 Å². The van der Waals surface area contributed by atoms with Crippen molar-refractivity contribution in [3.8, 4) is 0 Å². The Morgan fingerprint density at radius 1 is 1.09 bits per heavy atom. The summed E-state index contributed by atoms with van der Waals surface area (Å²) >= 11 is 0. The summed E-state index contributed by atoms with van der Waals surface area (Å²) in [6, 6.07) is -0.963. The van der Waals surface area contributed by atoms with Crippen LogP contribution in [0.25, 0.3) is 0 Å². The molecule has 1 rings (SSSR count). The van der Waals surface area contributed by atoms with E-state index in [1.54, 1.807) is 48.5 Å². The van der Waals surface area contributed by atoms with Gasteiger partial charge in [0.1, 0.15) is 17.2 Å². The fourth-order valence-electron chi connectivity index (χ4n) is 1.60. The highest BCUT2D eigenvalue weighted by Crippen LogP contribution is 2.15. The molecular formula is C14H24N4O5. The van der Waals surface area contributed by atoms with Crippen LogP contribution in [-0.4, -0.2) is 46.1 Å². The summed E-state index contributed by atoms with van der Waals surface area (Å²) in [4.78, 5) is 35.7. The molecule has 0 bridgehead atoms. The number of rotatable bonds is 2. The third-order valence-electron chi connectivity index (χ3n) is 2.42. The highest BCUT2D eigenvalue weighted by molar-refractivity contribution is 6.15. The minimum Gasteiger partial charge on any atom is -0.443 e. The number of ether oxygens (including phenoxy) is 2. The van der Waals surface area contributed by atoms with E-state index in [9.17, 15) is 14.4 Å². The van der Waals surface area contributed by atoms with E-state index in [-0.39, 0.29) is 0 Å². The van der Waals surface area contributed by atoms with E-state index >= 15 is 0 Å². The molecule has 1 heterocycles. The Morgan fingerprint density at radius 3 is 2.09 bits per heavy atom. The van der Waals surface area contributed by atoms with Crippen LogP contribution in [0.15, 0.2) is 5.10 Å². The Labute approximate surface area is 135 Å². The molecule has 1 unspecified atom stereocenters. The first-order valence-corrected chi connectivity index (χ1v) is 7.17. The van der Waals surface area contributed by atoms with E-state index in [0.29, 0.717) is 10.7 Å². The second kappa shape index (κ2) is 6.53.